The Labute approximate surface area is 110 Å². The van der Waals surface area contributed by atoms with Crippen LogP contribution in [0.5, 0.6) is 0 Å². The molecule has 0 saturated heterocycles. The van der Waals surface area contributed by atoms with E-state index in [0.717, 1.165) is 10.5 Å². The molecule has 96 valence electrons. The van der Waals surface area contributed by atoms with Crippen molar-refractivity contribution >= 4 is 11.8 Å². The summed E-state index contributed by atoms with van der Waals surface area (Å²) in [5, 5.41) is 4.33. The van der Waals surface area contributed by atoms with Gasteiger partial charge in [0.15, 0.2) is 0 Å². The van der Waals surface area contributed by atoms with E-state index in [-0.39, 0.29) is 18.2 Å². The Morgan fingerprint density at radius 3 is 2.68 bits per heavy atom. The van der Waals surface area contributed by atoms with Crippen LogP contribution in [0.3, 0.4) is 0 Å². The van der Waals surface area contributed by atoms with E-state index < -0.39 is 0 Å². The lowest BCUT2D eigenvalue weighted by Gasteiger charge is -2.18. The first-order valence-corrected chi connectivity index (χ1v) is 6.06. The van der Waals surface area contributed by atoms with E-state index in [0.29, 0.717) is 17.8 Å². The van der Waals surface area contributed by atoms with Gasteiger partial charge in [-0.2, -0.15) is 5.10 Å². The van der Waals surface area contributed by atoms with Gasteiger partial charge in [-0.3, -0.25) is 19.2 Å². The number of nitrogens with zero attached hydrogens (tertiary/aromatic N) is 3. The van der Waals surface area contributed by atoms with Crippen LogP contribution in [0.1, 0.15) is 21.6 Å². The van der Waals surface area contributed by atoms with Gasteiger partial charge in [0.05, 0.1) is 24.2 Å². The van der Waals surface area contributed by atoms with Crippen molar-refractivity contribution in [3.05, 3.63) is 53.3 Å². The van der Waals surface area contributed by atoms with Gasteiger partial charge in [0.1, 0.15) is 0 Å². The molecule has 5 nitrogen and oxygen atoms in total. The SMILES string of the molecule is CN1C(=O)Cc2nn(Cc3ccccc3)cc2C1=O. The van der Waals surface area contributed by atoms with E-state index in [4.69, 9.17) is 0 Å². The Hall–Kier alpha value is -2.43. The number of amides is 2. The average molecular weight is 255 g/mol. The van der Waals surface area contributed by atoms with E-state index in [1.54, 1.807) is 10.9 Å². The standard InChI is InChI=1S/C14H13N3O2/c1-16-13(18)7-12-11(14(16)19)9-17(15-12)8-10-5-3-2-4-6-10/h2-6,9H,7-8H2,1H3. The molecule has 2 heterocycles. The molecule has 0 fully saturated rings. The number of hydrogen-bond acceptors (Lipinski definition) is 3. The fourth-order valence-corrected chi connectivity index (χ4v) is 2.18. The van der Waals surface area contributed by atoms with E-state index in [9.17, 15) is 9.59 Å². The van der Waals surface area contributed by atoms with Gasteiger partial charge in [0, 0.05) is 13.2 Å². The Balaban J connectivity index is 1.91. The van der Waals surface area contributed by atoms with Gasteiger partial charge in [-0.05, 0) is 5.56 Å². The second kappa shape index (κ2) is 4.35. The molecule has 0 N–H and O–H groups in total. The summed E-state index contributed by atoms with van der Waals surface area (Å²) in [6, 6.07) is 9.87. The fraction of sp³-hybridized carbons (Fsp3) is 0.214. The molecule has 0 aliphatic carbocycles. The van der Waals surface area contributed by atoms with Crippen LogP contribution >= 0.6 is 0 Å². The molecule has 0 saturated carbocycles. The highest BCUT2D eigenvalue weighted by Crippen LogP contribution is 2.17. The maximum Gasteiger partial charge on any atom is 0.263 e. The molecule has 1 aliphatic rings. The molecular formula is C14H13N3O2. The lowest BCUT2D eigenvalue weighted by atomic mass is 10.1. The molecule has 2 aromatic rings. The van der Waals surface area contributed by atoms with Crippen LogP contribution in [0.15, 0.2) is 36.5 Å². The third-order valence-electron chi connectivity index (χ3n) is 3.25. The van der Waals surface area contributed by atoms with E-state index in [2.05, 4.69) is 5.10 Å². The molecule has 0 bridgehead atoms. The van der Waals surface area contributed by atoms with Crippen molar-refractivity contribution in [2.75, 3.05) is 7.05 Å². The minimum Gasteiger partial charge on any atom is -0.281 e. The monoisotopic (exact) mass is 255 g/mol. The van der Waals surface area contributed by atoms with Gasteiger partial charge < -0.3 is 0 Å². The summed E-state index contributed by atoms with van der Waals surface area (Å²) in [6.45, 7) is 0.596. The topological polar surface area (TPSA) is 55.2 Å². The second-order valence-electron chi connectivity index (χ2n) is 4.61. The molecule has 19 heavy (non-hydrogen) atoms. The molecule has 1 aromatic heterocycles. The van der Waals surface area contributed by atoms with Gasteiger partial charge >= 0.3 is 0 Å². The predicted molar refractivity (Wildman–Crippen MR) is 68.6 cm³/mol. The first-order chi connectivity index (χ1) is 9.15. The summed E-state index contributed by atoms with van der Waals surface area (Å²) in [5.41, 5.74) is 2.21. The zero-order valence-corrected chi connectivity index (χ0v) is 10.5. The molecule has 0 atom stereocenters. The van der Waals surface area contributed by atoms with Crippen LogP contribution in [0.25, 0.3) is 0 Å². The Bertz CT molecular complexity index is 646. The number of benzene rings is 1. The molecule has 1 aliphatic heterocycles. The summed E-state index contributed by atoms with van der Waals surface area (Å²) in [6.07, 6.45) is 1.91. The minimum absolute atomic E-state index is 0.194. The number of aromatic nitrogens is 2. The minimum atomic E-state index is -0.273. The van der Waals surface area contributed by atoms with Crippen LogP contribution in [0.2, 0.25) is 0 Å². The lowest BCUT2D eigenvalue weighted by molar-refractivity contribution is -0.127. The normalized spacial score (nSPS) is 14.7. The molecule has 0 unspecified atom stereocenters. The summed E-state index contributed by atoms with van der Waals surface area (Å²) in [7, 11) is 1.50. The highest BCUT2D eigenvalue weighted by Gasteiger charge is 2.30. The van der Waals surface area contributed by atoms with Crippen molar-refractivity contribution in [1.82, 2.24) is 14.7 Å². The van der Waals surface area contributed by atoms with Crippen LogP contribution in [-0.4, -0.2) is 33.5 Å². The maximum atomic E-state index is 11.9. The maximum absolute atomic E-state index is 11.9. The van der Waals surface area contributed by atoms with Crippen molar-refractivity contribution in [3.63, 3.8) is 0 Å². The van der Waals surface area contributed by atoms with Crippen molar-refractivity contribution in [1.29, 1.82) is 0 Å². The fourth-order valence-electron chi connectivity index (χ4n) is 2.18. The zero-order chi connectivity index (χ0) is 13.4. The molecule has 5 heteroatoms. The van der Waals surface area contributed by atoms with Gasteiger partial charge in [-0.25, -0.2) is 0 Å². The Morgan fingerprint density at radius 1 is 1.21 bits per heavy atom. The number of hydrogen-bond donors (Lipinski definition) is 0. The largest absolute Gasteiger partial charge is 0.281 e. The third-order valence-corrected chi connectivity index (χ3v) is 3.25. The van der Waals surface area contributed by atoms with Crippen molar-refractivity contribution in [3.8, 4) is 0 Å². The van der Waals surface area contributed by atoms with E-state index >= 15 is 0 Å². The Kier molecular flexibility index (Phi) is 2.67. The first-order valence-electron chi connectivity index (χ1n) is 6.06. The number of carbonyl (C=O) groups is 2. The van der Waals surface area contributed by atoms with Gasteiger partial charge in [-0.1, -0.05) is 30.3 Å². The predicted octanol–water partition coefficient (Wildman–Crippen LogP) is 1.09. The summed E-state index contributed by atoms with van der Waals surface area (Å²) < 4.78 is 1.71. The first kappa shape index (κ1) is 11.6. The van der Waals surface area contributed by atoms with E-state index in [1.807, 2.05) is 30.3 Å². The van der Waals surface area contributed by atoms with Crippen LogP contribution in [0.4, 0.5) is 0 Å². The van der Waals surface area contributed by atoms with Crippen molar-refractivity contribution in [2.24, 2.45) is 0 Å². The number of rotatable bonds is 2. The number of carbonyl (C=O) groups excluding carboxylic acids is 2. The molecule has 1 aromatic carbocycles. The smallest absolute Gasteiger partial charge is 0.263 e. The molecular weight excluding hydrogens is 242 g/mol. The van der Waals surface area contributed by atoms with Crippen LogP contribution in [-0.2, 0) is 17.8 Å². The van der Waals surface area contributed by atoms with Gasteiger partial charge in [-0.15, -0.1) is 0 Å². The third kappa shape index (κ3) is 2.03. The molecule has 0 spiro atoms. The summed E-state index contributed by atoms with van der Waals surface area (Å²) in [4.78, 5) is 24.7. The van der Waals surface area contributed by atoms with E-state index in [1.165, 1.54) is 7.05 Å². The lowest BCUT2D eigenvalue weighted by Crippen LogP contribution is -2.38. The number of fused-ring (bicyclic) bond motifs is 1. The highest BCUT2D eigenvalue weighted by atomic mass is 16.2. The van der Waals surface area contributed by atoms with Crippen molar-refractivity contribution in [2.45, 2.75) is 13.0 Å². The summed E-state index contributed by atoms with van der Waals surface area (Å²) >= 11 is 0. The van der Waals surface area contributed by atoms with Crippen LogP contribution in [0, 0.1) is 0 Å². The zero-order valence-electron chi connectivity index (χ0n) is 10.5. The average Bonchev–Trinajstić information content (AvgIpc) is 2.80. The Morgan fingerprint density at radius 2 is 1.95 bits per heavy atom. The molecule has 2 amide bonds. The quantitative estimate of drug-likeness (QED) is 0.755. The summed E-state index contributed by atoms with van der Waals surface area (Å²) in [5.74, 6) is -0.479. The second-order valence-corrected chi connectivity index (χ2v) is 4.61. The molecule has 0 radical (unpaired) electrons. The molecule has 3 rings (SSSR count). The number of imide groups is 1. The highest BCUT2D eigenvalue weighted by molar-refractivity contribution is 6.08. The number of likely N-dealkylation sites (N-methyl/N-ethyl adjacent to an activating group) is 1. The van der Waals surface area contributed by atoms with Crippen molar-refractivity contribution < 1.29 is 9.59 Å². The van der Waals surface area contributed by atoms with Gasteiger partial charge in [0.25, 0.3) is 5.91 Å². The van der Waals surface area contributed by atoms with Crippen LogP contribution < -0.4 is 0 Å². The van der Waals surface area contributed by atoms with Gasteiger partial charge in [0.2, 0.25) is 5.91 Å².